The second kappa shape index (κ2) is 9.81. The molecule has 3 rings (SSSR count). The number of aromatic nitrogens is 1. The van der Waals surface area contributed by atoms with Gasteiger partial charge in [0.25, 0.3) is 5.91 Å². The number of aromatic amines is 1. The molecule has 2 aromatic rings. The van der Waals surface area contributed by atoms with Gasteiger partial charge in [0.15, 0.2) is 0 Å². The summed E-state index contributed by atoms with van der Waals surface area (Å²) in [6, 6.07) is 8.22. The van der Waals surface area contributed by atoms with Crippen LogP contribution in [0.15, 0.2) is 24.3 Å². The maximum absolute atomic E-state index is 13.1. The van der Waals surface area contributed by atoms with Crippen molar-refractivity contribution >= 4 is 17.8 Å². The molecule has 1 aromatic heterocycles. The number of ether oxygens (including phenoxy) is 1. The lowest BCUT2D eigenvalue weighted by Gasteiger charge is -2.32. The van der Waals surface area contributed by atoms with E-state index in [9.17, 15) is 14.4 Å². The molecule has 1 fully saturated rings. The molecule has 31 heavy (non-hydrogen) atoms. The summed E-state index contributed by atoms with van der Waals surface area (Å²) in [5.41, 5.74) is 4.29. The highest BCUT2D eigenvalue weighted by atomic mass is 16.5. The first kappa shape index (κ1) is 22.6. The van der Waals surface area contributed by atoms with E-state index in [-0.39, 0.29) is 17.7 Å². The van der Waals surface area contributed by atoms with Crippen molar-refractivity contribution in [2.75, 3.05) is 20.2 Å². The van der Waals surface area contributed by atoms with Crippen LogP contribution in [0.1, 0.15) is 63.0 Å². The summed E-state index contributed by atoms with van der Waals surface area (Å²) in [4.78, 5) is 42.6. The molecule has 0 radical (unpaired) electrons. The summed E-state index contributed by atoms with van der Waals surface area (Å²) in [5.74, 6) is -0.938. The number of rotatable bonds is 6. The third kappa shape index (κ3) is 4.98. The van der Waals surface area contributed by atoms with Crippen molar-refractivity contribution in [2.45, 2.75) is 46.6 Å². The molecule has 0 aliphatic carbocycles. The zero-order valence-electron chi connectivity index (χ0n) is 18.7. The largest absolute Gasteiger partial charge is 0.465 e. The number of H-pyrrole nitrogens is 1. The third-order valence-electron chi connectivity index (χ3n) is 6.02. The number of aryl methyl sites for hydroxylation is 2. The number of likely N-dealkylation sites (tertiary alicyclic amines) is 1. The number of carbonyl (C=O) groups is 3. The maximum Gasteiger partial charge on any atom is 0.339 e. The lowest BCUT2D eigenvalue weighted by molar-refractivity contribution is -0.126. The highest BCUT2D eigenvalue weighted by Crippen LogP contribution is 2.23. The van der Waals surface area contributed by atoms with Crippen molar-refractivity contribution in [1.29, 1.82) is 0 Å². The Kier molecular flexibility index (Phi) is 7.15. The molecule has 0 saturated carbocycles. The predicted molar refractivity (Wildman–Crippen MR) is 118 cm³/mol. The van der Waals surface area contributed by atoms with E-state index in [0.29, 0.717) is 42.1 Å². The second-order valence-electron chi connectivity index (χ2n) is 8.09. The fourth-order valence-corrected chi connectivity index (χ4v) is 4.13. The van der Waals surface area contributed by atoms with Gasteiger partial charge in [-0.25, -0.2) is 4.79 Å². The maximum atomic E-state index is 13.1. The molecule has 7 heteroatoms. The molecule has 1 aromatic carbocycles. The van der Waals surface area contributed by atoms with Gasteiger partial charge in [0.2, 0.25) is 5.91 Å². The highest BCUT2D eigenvalue weighted by Gasteiger charge is 2.31. The number of methoxy groups -OCH3 is 1. The number of nitrogens with zero attached hydrogens (tertiary/aromatic N) is 1. The Morgan fingerprint density at radius 1 is 1.16 bits per heavy atom. The first-order valence-corrected chi connectivity index (χ1v) is 10.8. The zero-order valence-corrected chi connectivity index (χ0v) is 18.7. The minimum Gasteiger partial charge on any atom is -0.465 e. The van der Waals surface area contributed by atoms with Crippen LogP contribution in [0, 0.1) is 19.8 Å². The minimum atomic E-state index is -0.465. The Morgan fingerprint density at radius 2 is 1.84 bits per heavy atom. The van der Waals surface area contributed by atoms with Gasteiger partial charge < -0.3 is 19.9 Å². The molecule has 2 amide bonds. The van der Waals surface area contributed by atoms with E-state index in [2.05, 4.69) is 29.4 Å². The molecule has 1 aliphatic rings. The van der Waals surface area contributed by atoms with Crippen LogP contribution in [-0.4, -0.2) is 47.9 Å². The van der Waals surface area contributed by atoms with Gasteiger partial charge in [-0.1, -0.05) is 31.2 Å². The Balaban J connectivity index is 1.63. The average Bonchev–Trinajstić information content (AvgIpc) is 3.10. The number of esters is 1. The van der Waals surface area contributed by atoms with E-state index in [0.717, 1.165) is 24.8 Å². The van der Waals surface area contributed by atoms with Crippen molar-refractivity contribution in [3.05, 3.63) is 57.9 Å². The van der Waals surface area contributed by atoms with Crippen LogP contribution in [0.3, 0.4) is 0 Å². The normalized spacial score (nSPS) is 16.1. The Bertz CT molecular complexity index is 962. The van der Waals surface area contributed by atoms with Crippen LogP contribution in [0.2, 0.25) is 0 Å². The van der Waals surface area contributed by atoms with E-state index < -0.39 is 5.97 Å². The lowest BCUT2D eigenvalue weighted by Crippen LogP contribution is -2.45. The quantitative estimate of drug-likeness (QED) is 0.696. The van der Waals surface area contributed by atoms with Crippen molar-refractivity contribution in [2.24, 2.45) is 5.92 Å². The van der Waals surface area contributed by atoms with Crippen molar-refractivity contribution in [3.63, 3.8) is 0 Å². The number of carbonyl (C=O) groups excluding carboxylic acids is 3. The van der Waals surface area contributed by atoms with Crippen LogP contribution in [0.4, 0.5) is 0 Å². The summed E-state index contributed by atoms with van der Waals surface area (Å²) in [5, 5.41) is 3.01. The van der Waals surface area contributed by atoms with Crippen LogP contribution >= 0.6 is 0 Å². The van der Waals surface area contributed by atoms with Gasteiger partial charge in [0, 0.05) is 25.3 Å². The molecule has 1 atom stereocenters. The van der Waals surface area contributed by atoms with Crippen LogP contribution in [-0.2, 0) is 22.5 Å². The van der Waals surface area contributed by atoms with Crippen LogP contribution in [0.25, 0.3) is 0 Å². The number of benzene rings is 1. The van der Waals surface area contributed by atoms with Crippen molar-refractivity contribution < 1.29 is 19.1 Å². The zero-order chi connectivity index (χ0) is 22.5. The number of hydrogen-bond donors (Lipinski definition) is 2. The summed E-state index contributed by atoms with van der Waals surface area (Å²) in [6.45, 7) is 7.02. The fraction of sp³-hybridized carbons (Fsp3) is 0.458. The number of nitrogens with one attached hydrogen (secondary N) is 2. The van der Waals surface area contributed by atoms with Gasteiger partial charge in [-0.2, -0.15) is 0 Å². The van der Waals surface area contributed by atoms with E-state index in [4.69, 9.17) is 4.74 Å². The lowest BCUT2D eigenvalue weighted by atomic mass is 9.96. The topological polar surface area (TPSA) is 91.5 Å². The molecular formula is C24H31N3O4. The van der Waals surface area contributed by atoms with E-state index in [1.54, 1.807) is 18.7 Å². The van der Waals surface area contributed by atoms with Gasteiger partial charge in [0.05, 0.1) is 18.6 Å². The monoisotopic (exact) mass is 425 g/mol. The van der Waals surface area contributed by atoms with Crippen LogP contribution < -0.4 is 5.32 Å². The Labute approximate surface area is 183 Å². The van der Waals surface area contributed by atoms with E-state index in [1.165, 1.54) is 12.7 Å². The molecule has 2 heterocycles. The van der Waals surface area contributed by atoms with Crippen molar-refractivity contribution in [3.8, 4) is 0 Å². The summed E-state index contributed by atoms with van der Waals surface area (Å²) in [6.07, 6.45) is 2.50. The molecule has 0 bridgehead atoms. The number of amides is 2. The van der Waals surface area contributed by atoms with Gasteiger partial charge in [0.1, 0.15) is 5.69 Å². The van der Waals surface area contributed by atoms with Crippen LogP contribution in [0.5, 0.6) is 0 Å². The smallest absolute Gasteiger partial charge is 0.339 e. The summed E-state index contributed by atoms with van der Waals surface area (Å²) >= 11 is 0. The Morgan fingerprint density at radius 3 is 2.48 bits per heavy atom. The SMILES string of the molecule is CCc1ccc(CNC(=O)[C@H]2CCCN(C(=O)c3[nH]c(C)c(C(=O)OC)c3C)C2)cc1. The molecule has 7 nitrogen and oxygen atoms in total. The Hall–Kier alpha value is -3.09. The average molecular weight is 426 g/mol. The molecule has 166 valence electrons. The minimum absolute atomic E-state index is 0.0355. The molecule has 0 unspecified atom stereocenters. The van der Waals surface area contributed by atoms with E-state index >= 15 is 0 Å². The molecule has 1 saturated heterocycles. The predicted octanol–water partition coefficient (Wildman–Crippen LogP) is 3.15. The molecule has 2 N–H and O–H groups in total. The second-order valence-corrected chi connectivity index (χ2v) is 8.09. The first-order chi connectivity index (χ1) is 14.8. The van der Waals surface area contributed by atoms with Gasteiger partial charge in [-0.3, -0.25) is 9.59 Å². The van der Waals surface area contributed by atoms with Gasteiger partial charge in [-0.15, -0.1) is 0 Å². The first-order valence-electron chi connectivity index (χ1n) is 10.8. The summed E-state index contributed by atoms with van der Waals surface area (Å²) in [7, 11) is 1.32. The fourth-order valence-electron chi connectivity index (χ4n) is 4.13. The molecule has 1 aliphatic heterocycles. The number of piperidine rings is 1. The summed E-state index contributed by atoms with van der Waals surface area (Å²) < 4.78 is 4.82. The number of hydrogen-bond acceptors (Lipinski definition) is 4. The molecular weight excluding hydrogens is 394 g/mol. The third-order valence-corrected chi connectivity index (χ3v) is 6.02. The molecule has 0 spiro atoms. The van der Waals surface area contributed by atoms with E-state index in [1.807, 2.05) is 12.1 Å². The van der Waals surface area contributed by atoms with Gasteiger partial charge >= 0.3 is 5.97 Å². The highest BCUT2D eigenvalue weighted by molar-refractivity contribution is 6.00. The van der Waals surface area contributed by atoms with Gasteiger partial charge in [-0.05, 0) is 49.8 Å². The standard InChI is InChI=1S/C24H31N3O4/c1-5-17-8-10-18(11-9-17)13-25-22(28)19-7-6-12-27(14-19)23(29)21-15(2)20(16(3)26-21)24(30)31-4/h8-11,19,26H,5-7,12-14H2,1-4H3,(H,25,28)/t19-/m0/s1. The van der Waals surface area contributed by atoms with Crippen molar-refractivity contribution in [1.82, 2.24) is 15.2 Å².